The number of aliphatic carboxylic acids is 1. The fraction of sp³-hybridized carbons (Fsp3) is 0.107. The third-order valence-corrected chi connectivity index (χ3v) is 5.75. The molecule has 0 saturated heterocycles. The second-order valence-electron chi connectivity index (χ2n) is 8.02. The molecule has 0 radical (unpaired) electrons. The van der Waals surface area contributed by atoms with Gasteiger partial charge in [-0.05, 0) is 34.4 Å². The fourth-order valence-electron chi connectivity index (χ4n) is 4.01. The van der Waals surface area contributed by atoms with Gasteiger partial charge in [-0.25, -0.2) is 0 Å². The Morgan fingerprint density at radius 2 is 1.58 bits per heavy atom. The van der Waals surface area contributed by atoms with Crippen molar-refractivity contribution < 1.29 is 19.1 Å². The predicted molar refractivity (Wildman–Crippen MR) is 130 cm³/mol. The van der Waals surface area contributed by atoms with Crippen molar-refractivity contribution in [1.29, 1.82) is 0 Å². The quantitative estimate of drug-likeness (QED) is 0.334. The van der Waals surface area contributed by atoms with Crippen molar-refractivity contribution in [1.82, 2.24) is 0 Å². The molecule has 1 aromatic heterocycles. The topological polar surface area (TPSA) is 85.7 Å². The minimum Gasteiger partial charge on any atom is -0.480 e. The third kappa shape index (κ3) is 4.24. The average Bonchev–Trinajstić information content (AvgIpc) is 3.23. The van der Waals surface area contributed by atoms with Crippen molar-refractivity contribution in [2.24, 2.45) is 5.73 Å². The van der Waals surface area contributed by atoms with E-state index in [1.54, 1.807) is 0 Å². The normalized spacial score (nSPS) is 12.3. The van der Waals surface area contributed by atoms with Gasteiger partial charge in [0.05, 0.1) is 13.2 Å². The van der Waals surface area contributed by atoms with E-state index in [1.165, 1.54) is 0 Å². The number of rotatable bonds is 7. The summed E-state index contributed by atoms with van der Waals surface area (Å²) < 4.78 is 11.6. The predicted octanol–water partition coefficient (Wildman–Crippen LogP) is 5.85. The Bertz CT molecular complexity index is 1440. The number of carboxylic acid groups (broad SMARTS) is 1. The maximum Gasteiger partial charge on any atom is 0.322 e. The highest BCUT2D eigenvalue weighted by Crippen LogP contribution is 2.36. The van der Waals surface area contributed by atoms with Crippen LogP contribution in [0.2, 0.25) is 0 Å². The highest BCUT2D eigenvalue weighted by molar-refractivity contribution is 6.09. The zero-order valence-corrected chi connectivity index (χ0v) is 17.9. The molecule has 0 spiro atoms. The number of fused-ring (bicyclic) bond motifs is 3. The number of para-hydroxylation sites is 2. The summed E-state index contributed by atoms with van der Waals surface area (Å²) in [5.74, 6) is -1.07. The molecular formula is C28H23NO4. The van der Waals surface area contributed by atoms with Crippen LogP contribution in [0.3, 0.4) is 0 Å². The first-order valence-corrected chi connectivity index (χ1v) is 10.8. The molecule has 5 heteroatoms. The summed E-state index contributed by atoms with van der Waals surface area (Å²) in [6.45, 7) is 0.293. The molecule has 0 fully saturated rings. The van der Waals surface area contributed by atoms with Crippen LogP contribution in [-0.2, 0) is 16.1 Å². The van der Waals surface area contributed by atoms with Crippen molar-refractivity contribution in [3.8, 4) is 22.3 Å². The van der Waals surface area contributed by atoms with Crippen LogP contribution in [0.5, 0.6) is 0 Å². The fourth-order valence-corrected chi connectivity index (χ4v) is 4.01. The van der Waals surface area contributed by atoms with E-state index >= 15 is 0 Å². The molecule has 33 heavy (non-hydrogen) atoms. The van der Waals surface area contributed by atoms with E-state index in [0.29, 0.717) is 6.61 Å². The van der Waals surface area contributed by atoms with Crippen LogP contribution >= 0.6 is 0 Å². The van der Waals surface area contributed by atoms with Gasteiger partial charge in [0, 0.05) is 16.3 Å². The first kappa shape index (κ1) is 20.9. The van der Waals surface area contributed by atoms with Gasteiger partial charge in [0.2, 0.25) is 0 Å². The molecule has 0 saturated carbocycles. The van der Waals surface area contributed by atoms with Crippen LogP contribution < -0.4 is 5.73 Å². The summed E-state index contributed by atoms with van der Waals surface area (Å²) in [7, 11) is 0. The molecule has 0 aliphatic rings. The van der Waals surface area contributed by atoms with Crippen molar-refractivity contribution in [3.63, 3.8) is 0 Å². The summed E-state index contributed by atoms with van der Waals surface area (Å²) in [5.41, 5.74) is 12.5. The summed E-state index contributed by atoms with van der Waals surface area (Å²) in [5, 5.41) is 11.1. The van der Waals surface area contributed by atoms with E-state index in [-0.39, 0.29) is 6.61 Å². The third-order valence-electron chi connectivity index (χ3n) is 5.75. The highest BCUT2D eigenvalue weighted by atomic mass is 16.5. The number of ether oxygens (including phenoxy) is 1. The molecule has 5 rings (SSSR count). The number of hydrogen-bond acceptors (Lipinski definition) is 4. The van der Waals surface area contributed by atoms with E-state index in [1.807, 2.05) is 42.5 Å². The van der Waals surface area contributed by atoms with Crippen LogP contribution in [0.25, 0.3) is 44.2 Å². The van der Waals surface area contributed by atoms with Crippen LogP contribution in [0, 0.1) is 0 Å². The number of benzene rings is 4. The Labute approximate surface area is 191 Å². The molecule has 1 atom stereocenters. The Balaban J connectivity index is 1.40. The van der Waals surface area contributed by atoms with E-state index in [0.717, 1.165) is 49.8 Å². The zero-order chi connectivity index (χ0) is 22.8. The van der Waals surface area contributed by atoms with Crippen LogP contribution in [0.15, 0.2) is 95.4 Å². The SMILES string of the molecule is NC(COCc1ccc(-c2cccc(-c3cccc4c3oc3ccccc34)c2)cc1)C(=O)O. The first-order chi connectivity index (χ1) is 16.1. The van der Waals surface area contributed by atoms with Gasteiger partial charge in [0.25, 0.3) is 0 Å². The smallest absolute Gasteiger partial charge is 0.322 e. The van der Waals surface area contributed by atoms with Gasteiger partial charge in [-0.3, -0.25) is 4.79 Å². The number of carbonyl (C=O) groups is 1. The Morgan fingerprint density at radius 1 is 0.848 bits per heavy atom. The molecule has 4 aromatic carbocycles. The minimum absolute atomic E-state index is 0.0214. The lowest BCUT2D eigenvalue weighted by atomic mass is 9.97. The summed E-state index contributed by atoms with van der Waals surface area (Å²) >= 11 is 0. The lowest BCUT2D eigenvalue weighted by molar-refractivity contribution is -0.140. The van der Waals surface area contributed by atoms with Crippen LogP contribution in [0.4, 0.5) is 0 Å². The number of furan rings is 1. The van der Waals surface area contributed by atoms with Gasteiger partial charge in [-0.2, -0.15) is 0 Å². The second kappa shape index (κ2) is 8.90. The lowest BCUT2D eigenvalue weighted by Crippen LogP contribution is -2.34. The van der Waals surface area contributed by atoms with Crippen molar-refractivity contribution in [2.45, 2.75) is 12.6 Å². The van der Waals surface area contributed by atoms with E-state index in [4.69, 9.17) is 20.0 Å². The van der Waals surface area contributed by atoms with Crippen LogP contribution in [0.1, 0.15) is 5.56 Å². The highest BCUT2D eigenvalue weighted by Gasteiger charge is 2.13. The number of nitrogens with two attached hydrogens (primary N) is 1. The van der Waals surface area contributed by atoms with Gasteiger partial charge in [0.1, 0.15) is 17.2 Å². The minimum atomic E-state index is -1.07. The van der Waals surface area contributed by atoms with Crippen LogP contribution in [-0.4, -0.2) is 23.7 Å². The Hall–Kier alpha value is -3.93. The molecule has 5 aromatic rings. The van der Waals surface area contributed by atoms with E-state index < -0.39 is 12.0 Å². The molecule has 1 heterocycles. The second-order valence-corrected chi connectivity index (χ2v) is 8.02. The molecule has 5 nitrogen and oxygen atoms in total. The molecule has 0 aliphatic carbocycles. The summed E-state index contributed by atoms with van der Waals surface area (Å²) in [6.07, 6.45) is 0. The maximum atomic E-state index is 10.8. The van der Waals surface area contributed by atoms with Gasteiger partial charge in [-0.15, -0.1) is 0 Å². The summed E-state index contributed by atoms with van der Waals surface area (Å²) in [6, 6.07) is 29.8. The first-order valence-electron chi connectivity index (χ1n) is 10.8. The zero-order valence-electron chi connectivity index (χ0n) is 17.9. The summed E-state index contributed by atoms with van der Waals surface area (Å²) in [4.78, 5) is 10.8. The van der Waals surface area contributed by atoms with Crippen molar-refractivity contribution in [2.75, 3.05) is 6.61 Å². The standard InChI is InChI=1S/C28H23NO4/c29-25(28(30)31)17-32-16-18-11-13-19(14-12-18)20-5-3-6-21(15-20)22-8-4-9-24-23-7-1-2-10-26(23)33-27(22)24/h1-15,25H,16-17,29H2,(H,30,31). The average molecular weight is 437 g/mol. The molecule has 3 N–H and O–H groups in total. The number of hydrogen-bond donors (Lipinski definition) is 2. The monoisotopic (exact) mass is 437 g/mol. The van der Waals surface area contributed by atoms with E-state index in [9.17, 15) is 4.79 Å². The lowest BCUT2D eigenvalue weighted by Gasteiger charge is -2.09. The number of carboxylic acids is 1. The van der Waals surface area contributed by atoms with Gasteiger partial charge < -0.3 is 20.0 Å². The van der Waals surface area contributed by atoms with Gasteiger partial charge in [0.15, 0.2) is 0 Å². The van der Waals surface area contributed by atoms with Gasteiger partial charge in [-0.1, -0.05) is 78.9 Å². The van der Waals surface area contributed by atoms with E-state index in [2.05, 4.69) is 48.5 Å². The van der Waals surface area contributed by atoms with Crippen molar-refractivity contribution >= 4 is 27.9 Å². The largest absolute Gasteiger partial charge is 0.480 e. The maximum absolute atomic E-state index is 10.8. The molecular weight excluding hydrogens is 414 g/mol. The van der Waals surface area contributed by atoms with Crippen molar-refractivity contribution in [3.05, 3.63) is 96.6 Å². The molecule has 0 bridgehead atoms. The van der Waals surface area contributed by atoms with Gasteiger partial charge >= 0.3 is 5.97 Å². The molecule has 1 unspecified atom stereocenters. The molecule has 164 valence electrons. The Morgan fingerprint density at radius 3 is 2.39 bits per heavy atom. The molecule has 0 amide bonds. The Kier molecular flexibility index (Phi) is 5.65. The molecule has 0 aliphatic heterocycles.